The van der Waals surface area contributed by atoms with E-state index >= 15 is 0 Å². The van der Waals surface area contributed by atoms with Crippen molar-refractivity contribution in [2.24, 2.45) is 4.99 Å². The first-order valence-corrected chi connectivity index (χ1v) is 9.02. The molecule has 0 bridgehead atoms. The summed E-state index contributed by atoms with van der Waals surface area (Å²) in [4.78, 5) is 3.42. The van der Waals surface area contributed by atoms with E-state index in [1.807, 2.05) is 0 Å². The molecule has 10 heteroatoms. The van der Waals surface area contributed by atoms with Crippen molar-refractivity contribution in [3.05, 3.63) is 17.7 Å². The second-order valence-electron chi connectivity index (χ2n) is 4.78. The summed E-state index contributed by atoms with van der Waals surface area (Å²) < 4.78 is 65.9. The first-order valence-electron chi connectivity index (χ1n) is 6.13. The maximum atomic E-state index is 13.2. The van der Waals surface area contributed by atoms with E-state index in [4.69, 9.17) is 11.6 Å². The Morgan fingerprint density at radius 3 is 2.50 bits per heavy atom. The third-order valence-electron chi connectivity index (χ3n) is 2.65. The minimum atomic E-state index is -4.60. The molecule has 0 fully saturated rings. The second-order valence-corrected chi connectivity index (χ2v) is 8.31. The van der Waals surface area contributed by atoms with Gasteiger partial charge in [0.05, 0.1) is 17.1 Å². The SMILES string of the molecule is CC(C)Sc1cc2c(cc1C(F)(F)F)N=C(CCl)NS2(=O)=O. The zero-order valence-electron chi connectivity index (χ0n) is 11.5. The maximum Gasteiger partial charge on any atom is 0.417 e. The Bertz CT molecular complexity index is 731. The number of benzene rings is 1. The molecule has 22 heavy (non-hydrogen) atoms. The molecule has 0 aliphatic carbocycles. The number of fused-ring (bicyclic) bond motifs is 1. The highest BCUT2D eigenvalue weighted by molar-refractivity contribution is 8.00. The Labute approximate surface area is 135 Å². The first kappa shape index (κ1) is 17.4. The lowest BCUT2D eigenvalue weighted by atomic mass is 10.2. The molecule has 0 saturated heterocycles. The van der Waals surface area contributed by atoms with E-state index in [0.717, 1.165) is 23.9 Å². The number of alkyl halides is 4. The van der Waals surface area contributed by atoms with Gasteiger partial charge in [0, 0.05) is 10.1 Å². The Hall–Kier alpha value is -0.930. The lowest BCUT2D eigenvalue weighted by Crippen LogP contribution is -2.34. The molecule has 0 unspecified atom stereocenters. The molecule has 1 aromatic carbocycles. The van der Waals surface area contributed by atoms with Gasteiger partial charge in [-0.15, -0.1) is 23.4 Å². The molecule has 0 amide bonds. The van der Waals surface area contributed by atoms with Crippen molar-refractivity contribution in [3.8, 4) is 0 Å². The largest absolute Gasteiger partial charge is 0.417 e. The van der Waals surface area contributed by atoms with Gasteiger partial charge in [0.25, 0.3) is 10.0 Å². The Balaban J connectivity index is 2.72. The van der Waals surface area contributed by atoms with Gasteiger partial charge in [0.2, 0.25) is 0 Å². The summed E-state index contributed by atoms with van der Waals surface area (Å²) in [6.45, 7) is 3.45. The molecule has 0 saturated carbocycles. The Morgan fingerprint density at radius 2 is 2.00 bits per heavy atom. The average Bonchev–Trinajstić information content (AvgIpc) is 2.36. The minimum absolute atomic E-state index is 0.105. The number of nitrogens with zero attached hydrogens (tertiary/aromatic N) is 1. The number of sulfonamides is 1. The number of hydrogen-bond acceptors (Lipinski definition) is 4. The molecule has 0 aromatic heterocycles. The van der Waals surface area contributed by atoms with Crippen LogP contribution in [0.1, 0.15) is 19.4 Å². The quantitative estimate of drug-likeness (QED) is 0.649. The summed E-state index contributed by atoms with van der Waals surface area (Å²) in [7, 11) is -3.97. The van der Waals surface area contributed by atoms with Crippen LogP contribution in [0.15, 0.2) is 26.9 Å². The number of halogens is 4. The second kappa shape index (κ2) is 5.93. The van der Waals surface area contributed by atoms with Gasteiger partial charge in [-0.05, 0) is 12.1 Å². The highest BCUT2D eigenvalue weighted by atomic mass is 35.5. The van der Waals surface area contributed by atoms with Crippen LogP contribution >= 0.6 is 23.4 Å². The zero-order chi connectivity index (χ0) is 16.7. The van der Waals surface area contributed by atoms with Gasteiger partial charge in [0.15, 0.2) is 0 Å². The van der Waals surface area contributed by atoms with E-state index in [2.05, 4.69) is 9.71 Å². The van der Waals surface area contributed by atoms with Gasteiger partial charge in [-0.1, -0.05) is 13.8 Å². The molecule has 1 N–H and O–H groups in total. The van der Waals surface area contributed by atoms with E-state index in [1.54, 1.807) is 13.8 Å². The molecular formula is C12H12ClF3N2O2S2. The summed E-state index contributed by atoms with van der Waals surface area (Å²) in [6.07, 6.45) is -4.60. The Kier molecular flexibility index (Phi) is 4.70. The van der Waals surface area contributed by atoms with Gasteiger partial charge >= 0.3 is 6.18 Å². The van der Waals surface area contributed by atoms with Gasteiger partial charge in [-0.25, -0.2) is 13.4 Å². The molecule has 4 nitrogen and oxygen atoms in total. The monoisotopic (exact) mass is 372 g/mol. The third-order valence-corrected chi connectivity index (χ3v) is 5.38. The predicted octanol–water partition coefficient (Wildman–Crippen LogP) is 3.77. The van der Waals surface area contributed by atoms with Crippen LogP contribution in [0.25, 0.3) is 0 Å². The number of hydrogen-bond donors (Lipinski definition) is 1. The van der Waals surface area contributed by atoms with Crippen LogP contribution in [0, 0.1) is 0 Å². The number of thioether (sulfide) groups is 1. The van der Waals surface area contributed by atoms with Crippen LogP contribution in [-0.4, -0.2) is 25.4 Å². The predicted molar refractivity (Wildman–Crippen MR) is 80.6 cm³/mol. The van der Waals surface area contributed by atoms with Gasteiger partial charge in [-0.2, -0.15) is 13.2 Å². The highest BCUT2D eigenvalue weighted by Gasteiger charge is 2.37. The van der Waals surface area contributed by atoms with Gasteiger partial charge in [0.1, 0.15) is 10.7 Å². The first-order chi connectivity index (χ1) is 10.0. The summed E-state index contributed by atoms with van der Waals surface area (Å²) in [5.74, 6) is -0.353. The lowest BCUT2D eigenvalue weighted by molar-refractivity contribution is -0.139. The molecule has 1 aliphatic rings. The van der Waals surface area contributed by atoms with Crippen LogP contribution in [-0.2, 0) is 16.2 Å². The van der Waals surface area contributed by atoms with E-state index in [1.165, 1.54) is 0 Å². The Morgan fingerprint density at radius 1 is 1.36 bits per heavy atom. The van der Waals surface area contributed by atoms with Gasteiger partial charge in [-0.3, -0.25) is 4.72 Å². The summed E-state index contributed by atoms with van der Waals surface area (Å²) in [5.41, 5.74) is -1.16. The number of aliphatic imine (C=N–C) groups is 1. The fourth-order valence-corrected chi connectivity index (χ4v) is 4.33. The fraction of sp³-hybridized carbons (Fsp3) is 0.417. The zero-order valence-corrected chi connectivity index (χ0v) is 13.9. The molecular weight excluding hydrogens is 361 g/mol. The molecule has 1 aromatic rings. The number of nitrogens with one attached hydrogen (secondary N) is 1. The standard InChI is InChI=1S/C12H12ClF3N2O2S2/c1-6(2)21-9-4-10-8(3-7(9)12(14,15)16)17-11(5-13)18-22(10,19)20/h3-4,6H,5H2,1-2H3,(H,17,18). The van der Waals surface area contributed by atoms with E-state index in [-0.39, 0.29) is 32.4 Å². The number of amidine groups is 1. The molecule has 0 radical (unpaired) electrons. The molecule has 1 aliphatic heterocycles. The highest BCUT2D eigenvalue weighted by Crippen LogP contribution is 2.43. The molecule has 2 rings (SSSR count). The molecule has 122 valence electrons. The fourth-order valence-electron chi connectivity index (χ4n) is 1.86. The molecule has 1 heterocycles. The van der Waals surface area contributed by atoms with E-state index in [9.17, 15) is 21.6 Å². The van der Waals surface area contributed by atoms with Crippen molar-refractivity contribution >= 4 is 44.9 Å². The van der Waals surface area contributed by atoms with Gasteiger partial charge < -0.3 is 0 Å². The van der Waals surface area contributed by atoms with Crippen LogP contribution in [0.3, 0.4) is 0 Å². The topological polar surface area (TPSA) is 58.5 Å². The summed E-state index contributed by atoms with van der Waals surface area (Å²) >= 11 is 6.47. The van der Waals surface area contributed by atoms with Crippen molar-refractivity contribution in [1.29, 1.82) is 0 Å². The third kappa shape index (κ3) is 3.52. The van der Waals surface area contributed by atoms with E-state index in [0.29, 0.717) is 0 Å². The van der Waals surface area contributed by atoms with Crippen molar-refractivity contribution < 1.29 is 21.6 Å². The lowest BCUT2D eigenvalue weighted by Gasteiger charge is -2.21. The normalized spacial score (nSPS) is 17.0. The summed E-state index contributed by atoms with van der Waals surface area (Å²) in [6, 6.07) is 1.77. The van der Waals surface area contributed by atoms with Crippen molar-refractivity contribution in [1.82, 2.24) is 4.72 Å². The van der Waals surface area contributed by atoms with Crippen molar-refractivity contribution in [3.63, 3.8) is 0 Å². The van der Waals surface area contributed by atoms with E-state index < -0.39 is 21.8 Å². The minimum Gasteiger partial charge on any atom is -0.266 e. The van der Waals surface area contributed by atoms with Crippen LogP contribution in [0.5, 0.6) is 0 Å². The molecule has 0 spiro atoms. The summed E-state index contributed by atoms with van der Waals surface area (Å²) in [5, 5.41) is -0.139. The smallest absolute Gasteiger partial charge is 0.266 e. The number of rotatable bonds is 3. The van der Waals surface area contributed by atoms with Crippen LogP contribution in [0.4, 0.5) is 18.9 Å². The van der Waals surface area contributed by atoms with Crippen molar-refractivity contribution in [2.75, 3.05) is 5.88 Å². The maximum absolute atomic E-state index is 13.2. The average molecular weight is 373 g/mol. The van der Waals surface area contributed by atoms with Crippen LogP contribution in [0.2, 0.25) is 0 Å². The van der Waals surface area contributed by atoms with Crippen LogP contribution < -0.4 is 4.72 Å². The van der Waals surface area contributed by atoms with Crippen molar-refractivity contribution in [2.45, 2.75) is 35.1 Å². The molecule has 0 atom stereocenters.